The molecular formula is C14H21N3O3. The highest BCUT2D eigenvalue weighted by atomic mass is 16.5. The van der Waals surface area contributed by atoms with Crippen LogP contribution in [0, 0.1) is 0 Å². The molecular weight excluding hydrogens is 258 g/mol. The fourth-order valence-electron chi connectivity index (χ4n) is 2.05. The molecule has 20 heavy (non-hydrogen) atoms. The van der Waals surface area contributed by atoms with E-state index < -0.39 is 0 Å². The van der Waals surface area contributed by atoms with E-state index in [9.17, 15) is 4.79 Å². The molecule has 0 saturated carbocycles. The van der Waals surface area contributed by atoms with Crippen LogP contribution in [0.3, 0.4) is 0 Å². The molecule has 1 amide bonds. The van der Waals surface area contributed by atoms with Crippen LogP contribution in [-0.4, -0.2) is 31.3 Å². The number of carbonyl (C=O) groups is 1. The second-order valence-corrected chi connectivity index (χ2v) is 5.32. The van der Waals surface area contributed by atoms with Gasteiger partial charge in [-0.1, -0.05) is 0 Å². The zero-order chi connectivity index (χ0) is 14.8. The molecule has 0 atom stereocenters. The number of rotatable bonds is 5. The van der Waals surface area contributed by atoms with Crippen LogP contribution in [0.5, 0.6) is 5.75 Å². The van der Waals surface area contributed by atoms with Crippen LogP contribution in [0.4, 0.5) is 17.1 Å². The van der Waals surface area contributed by atoms with Gasteiger partial charge in [-0.15, -0.1) is 0 Å². The van der Waals surface area contributed by atoms with Gasteiger partial charge in [0.2, 0.25) is 0 Å². The van der Waals surface area contributed by atoms with E-state index >= 15 is 0 Å². The lowest BCUT2D eigenvalue weighted by molar-refractivity contribution is -0.118. The monoisotopic (exact) mass is 279 g/mol. The Morgan fingerprint density at radius 1 is 1.50 bits per heavy atom. The summed E-state index contributed by atoms with van der Waals surface area (Å²) in [6.07, 6.45) is 0. The van der Waals surface area contributed by atoms with Crippen LogP contribution >= 0.6 is 0 Å². The van der Waals surface area contributed by atoms with Gasteiger partial charge in [-0.3, -0.25) is 4.79 Å². The highest BCUT2D eigenvalue weighted by Crippen LogP contribution is 2.35. The Morgan fingerprint density at radius 2 is 2.25 bits per heavy atom. The molecule has 1 heterocycles. The summed E-state index contributed by atoms with van der Waals surface area (Å²) in [6, 6.07) is 3.49. The van der Waals surface area contributed by atoms with Gasteiger partial charge in [-0.05, 0) is 26.8 Å². The van der Waals surface area contributed by atoms with E-state index in [1.807, 2.05) is 20.8 Å². The molecule has 0 spiro atoms. The first-order valence-corrected chi connectivity index (χ1v) is 6.65. The van der Waals surface area contributed by atoms with Crippen molar-refractivity contribution in [2.75, 3.05) is 36.1 Å². The number of hydrogen-bond acceptors (Lipinski definition) is 5. The normalized spacial score (nSPS) is 14.2. The molecule has 0 bridgehead atoms. The third-order valence-electron chi connectivity index (χ3n) is 3.02. The molecule has 1 aromatic rings. The molecule has 2 rings (SSSR count). The summed E-state index contributed by atoms with van der Waals surface area (Å²) in [5.41, 5.74) is 7.65. The number of ether oxygens (including phenoxy) is 2. The highest BCUT2D eigenvalue weighted by Gasteiger charge is 2.20. The first-order valence-electron chi connectivity index (χ1n) is 6.65. The third kappa shape index (κ3) is 3.33. The molecule has 0 fully saturated rings. The zero-order valence-electron chi connectivity index (χ0n) is 12.1. The van der Waals surface area contributed by atoms with Crippen molar-refractivity contribution in [1.29, 1.82) is 0 Å². The van der Waals surface area contributed by atoms with Gasteiger partial charge < -0.3 is 25.8 Å². The van der Waals surface area contributed by atoms with E-state index in [1.54, 1.807) is 12.1 Å². The van der Waals surface area contributed by atoms with Crippen LogP contribution in [-0.2, 0) is 9.53 Å². The fraction of sp³-hybridized carbons (Fsp3) is 0.500. The minimum atomic E-state index is -0.295. The van der Waals surface area contributed by atoms with Crippen molar-refractivity contribution in [3.8, 4) is 5.75 Å². The maximum Gasteiger partial charge on any atom is 0.262 e. The number of nitrogens with one attached hydrogen (secondary N) is 2. The first kappa shape index (κ1) is 14.5. The Bertz CT molecular complexity index is 515. The topological polar surface area (TPSA) is 85.6 Å². The average molecular weight is 279 g/mol. The van der Waals surface area contributed by atoms with Gasteiger partial charge in [0.15, 0.2) is 6.61 Å². The largest absolute Gasteiger partial charge is 0.482 e. The number of amides is 1. The molecule has 4 N–H and O–H groups in total. The summed E-state index contributed by atoms with van der Waals surface area (Å²) in [7, 11) is 0. The molecule has 0 aromatic heterocycles. The summed E-state index contributed by atoms with van der Waals surface area (Å²) in [6.45, 7) is 7.25. The molecule has 1 aliphatic heterocycles. The summed E-state index contributed by atoms with van der Waals surface area (Å²) in [5.74, 6) is 0.430. The summed E-state index contributed by atoms with van der Waals surface area (Å²) in [4.78, 5) is 11.3. The summed E-state index contributed by atoms with van der Waals surface area (Å²) >= 11 is 0. The molecule has 6 heteroatoms. The van der Waals surface area contributed by atoms with Gasteiger partial charge >= 0.3 is 0 Å². The average Bonchev–Trinajstić information content (AvgIpc) is 2.37. The molecule has 110 valence electrons. The maximum absolute atomic E-state index is 11.3. The molecule has 1 aromatic carbocycles. The molecule has 0 aliphatic carbocycles. The quantitative estimate of drug-likeness (QED) is 0.716. The van der Waals surface area contributed by atoms with Crippen molar-refractivity contribution in [1.82, 2.24) is 0 Å². The minimum Gasteiger partial charge on any atom is -0.482 e. The number of carbonyl (C=O) groups excluding carboxylic acids is 1. The molecule has 1 aliphatic rings. The van der Waals surface area contributed by atoms with E-state index in [4.69, 9.17) is 15.2 Å². The highest BCUT2D eigenvalue weighted by molar-refractivity contribution is 5.97. The predicted octanol–water partition coefficient (Wildman–Crippen LogP) is 1.83. The zero-order valence-corrected chi connectivity index (χ0v) is 12.1. The molecule has 0 radical (unpaired) electrons. The van der Waals surface area contributed by atoms with Gasteiger partial charge in [0.25, 0.3) is 5.91 Å². The Balaban J connectivity index is 2.12. The lowest BCUT2D eigenvalue weighted by atomic mass is 10.1. The second-order valence-electron chi connectivity index (χ2n) is 5.32. The van der Waals surface area contributed by atoms with Crippen LogP contribution in [0.1, 0.15) is 20.8 Å². The van der Waals surface area contributed by atoms with Gasteiger partial charge in [0, 0.05) is 19.2 Å². The smallest absolute Gasteiger partial charge is 0.262 e. The molecule has 0 saturated heterocycles. The van der Waals surface area contributed by atoms with Crippen molar-refractivity contribution < 1.29 is 14.3 Å². The van der Waals surface area contributed by atoms with E-state index in [0.29, 0.717) is 30.3 Å². The lowest BCUT2D eigenvalue weighted by Crippen LogP contribution is -2.33. The van der Waals surface area contributed by atoms with Crippen molar-refractivity contribution >= 4 is 23.0 Å². The Hall–Kier alpha value is -1.95. The molecule has 0 unspecified atom stereocenters. The van der Waals surface area contributed by atoms with E-state index in [-0.39, 0.29) is 18.1 Å². The Morgan fingerprint density at radius 3 is 2.95 bits per heavy atom. The summed E-state index contributed by atoms with van der Waals surface area (Å²) < 4.78 is 10.9. The van der Waals surface area contributed by atoms with E-state index in [1.165, 1.54) is 0 Å². The van der Waals surface area contributed by atoms with Crippen molar-refractivity contribution in [3.05, 3.63) is 12.1 Å². The Kier molecular flexibility index (Phi) is 4.04. The van der Waals surface area contributed by atoms with Crippen molar-refractivity contribution in [2.24, 2.45) is 0 Å². The van der Waals surface area contributed by atoms with Crippen LogP contribution in [0.25, 0.3) is 0 Å². The summed E-state index contributed by atoms with van der Waals surface area (Å²) in [5, 5.41) is 6.01. The lowest BCUT2D eigenvalue weighted by Gasteiger charge is -2.26. The first-order chi connectivity index (χ1) is 9.41. The van der Waals surface area contributed by atoms with Crippen molar-refractivity contribution in [3.63, 3.8) is 0 Å². The van der Waals surface area contributed by atoms with Gasteiger partial charge in [-0.2, -0.15) is 0 Å². The third-order valence-corrected chi connectivity index (χ3v) is 3.02. The van der Waals surface area contributed by atoms with Crippen molar-refractivity contribution in [2.45, 2.75) is 26.4 Å². The van der Waals surface area contributed by atoms with Crippen LogP contribution in [0.2, 0.25) is 0 Å². The Labute approximate surface area is 118 Å². The number of nitrogen functional groups attached to an aromatic ring is 1. The van der Waals surface area contributed by atoms with Gasteiger partial charge in [0.05, 0.1) is 22.7 Å². The molecule has 6 nitrogen and oxygen atoms in total. The predicted molar refractivity (Wildman–Crippen MR) is 79.2 cm³/mol. The van der Waals surface area contributed by atoms with Gasteiger partial charge in [0.1, 0.15) is 5.75 Å². The fourth-order valence-corrected chi connectivity index (χ4v) is 2.05. The van der Waals surface area contributed by atoms with Crippen LogP contribution < -0.4 is 21.1 Å². The van der Waals surface area contributed by atoms with Crippen LogP contribution in [0.15, 0.2) is 12.1 Å². The number of nitrogens with two attached hydrogens (primary N) is 1. The SMILES string of the molecule is CCOC(C)(C)CNc1cc2c(cc1N)OCC(=O)N2. The van der Waals surface area contributed by atoms with Gasteiger partial charge in [-0.25, -0.2) is 0 Å². The number of benzene rings is 1. The maximum atomic E-state index is 11.3. The van der Waals surface area contributed by atoms with E-state index in [2.05, 4.69) is 10.6 Å². The number of anilines is 3. The number of hydrogen-bond donors (Lipinski definition) is 3. The minimum absolute atomic E-state index is 0.0244. The second kappa shape index (κ2) is 5.58. The number of fused-ring (bicyclic) bond motifs is 1. The van der Waals surface area contributed by atoms with E-state index in [0.717, 1.165) is 5.69 Å². The standard InChI is InChI=1S/C14H21N3O3/c1-4-20-14(2,3)8-16-10-6-11-12(5-9(10)15)19-7-13(18)17-11/h5-6,16H,4,7-8,15H2,1-3H3,(H,17,18).